The van der Waals surface area contributed by atoms with E-state index in [4.69, 9.17) is 4.74 Å². The van der Waals surface area contributed by atoms with Gasteiger partial charge in [0.2, 0.25) is 5.95 Å². The van der Waals surface area contributed by atoms with Crippen LogP contribution in [0.25, 0.3) is 0 Å². The van der Waals surface area contributed by atoms with Crippen molar-refractivity contribution in [3.63, 3.8) is 0 Å². The molecule has 0 unspecified atom stereocenters. The zero-order valence-corrected chi connectivity index (χ0v) is 12.7. The number of hydrogen-bond donors (Lipinski definition) is 1. The molecule has 0 bridgehead atoms. The summed E-state index contributed by atoms with van der Waals surface area (Å²) in [5, 5.41) is 3.08. The van der Waals surface area contributed by atoms with E-state index in [0.29, 0.717) is 12.0 Å². The molecular formula is C13H19BrN4O. The Bertz CT molecular complexity index is 456. The normalized spacial score (nSPS) is 26.9. The van der Waals surface area contributed by atoms with Gasteiger partial charge in [-0.15, -0.1) is 0 Å². The van der Waals surface area contributed by atoms with Crippen LogP contribution in [-0.2, 0) is 4.74 Å². The molecule has 0 amide bonds. The van der Waals surface area contributed by atoms with Gasteiger partial charge in [0.05, 0.1) is 10.6 Å². The molecule has 0 aromatic carbocycles. The molecule has 0 saturated carbocycles. The summed E-state index contributed by atoms with van der Waals surface area (Å²) in [6, 6.07) is 0. The predicted molar refractivity (Wildman–Crippen MR) is 78.6 cm³/mol. The van der Waals surface area contributed by atoms with Crippen molar-refractivity contribution < 1.29 is 4.74 Å². The maximum atomic E-state index is 5.84. The van der Waals surface area contributed by atoms with Gasteiger partial charge in [-0.05, 0) is 35.2 Å². The number of fused-ring (bicyclic) bond motifs is 1. The summed E-state index contributed by atoms with van der Waals surface area (Å²) in [4.78, 5) is 11.3. The first-order chi connectivity index (χ1) is 9.28. The van der Waals surface area contributed by atoms with Crippen molar-refractivity contribution in [2.24, 2.45) is 5.92 Å². The van der Waals surface area contributed by atoms with Gasteiger partial charge in [0, 0.05) is 38.9 Å². The van der Waals surface area contributed by atoms with Crippen LogP contribution in [0.1, 0.15) is 19.3 Å². The second kappa shape index (κ2) is 5.63. The second-order valence-corrected chi connectivity index (χ2v) is 6.02. The van der Waals surface area contributed by atoms with Gasteiger partial charge < -0.3 is 15.0 Å². The van der Waals surface area contributed by atoms with Crippen LogP contribution in [0.5, 0.6) is 0 Å². The number of nitrogens with zero attached hydrogens (tertiary/aromatic N) is 3. The fourth-order valence-electron chi connectivity index (χ4n) is 2.95. The smallest absolute Gasteiger partial charge is 0.227 e. The summed E-state index contributed by atoms with van der Waals surface area (Å²) in [5.74, 6) is 2.29. The van der Waals surface area contributed by atoms with Gasteiger partial charge in [-0.1, -0.05) is 0 Å². The summed E-state index contributed by atoms with van der Waals surface area (Å²) in [6.45, 7) is 2.92. The van der Waals surface area contributed by atoms with Gasteiger partial charge in [0.15, 0.2) is 0 Å². The first kappa shape index (κ1) is 13.1. The third-order valence-electron chi connectivity index (χ3n) is 3.97. The highest BCUT2D eigenvalue weighted by molar-refractivity contribution is 9.10. The first-order valence-corrected chi connectivity index (χ1v) is 7.64. The van der Waals surface area contributed by atoms with E-state index in [-0.39, 0.29) is 0 Å². The number of aromatic nitrogens is 2. The van der Waals surface area contributed by atoms with Gasteiger partial charge in [0.1, 0.15) is 5.82 Å². The maximum absolute atomic E-state index is 5.84. The topological polar surface area (TPSA) is 50.3 Å². The molecule has 1 aromatic heterocycles. The fraction of sp³-hybridized carbons (Fsp3) is 0.692. The molecule has 3 heterocycles. The lowest BCUT2D eigenvalue weighted by molar-refractivity contribution is -0.0359. The highest BCUT2D eigenvalue weighted by atomic mass is 79.9. The van der Waals surface area contributed by atoms with Crippen LogP contribution < -0.4 is 10.2 Å². The Morgan fingerprint density at radius 1 is 1.47 bits per heavy atom. The molecule has 6 heteroatoms. The average molecular weight is 327 g/mol. The largest absolute Gasteiger partial charge is 0.378 e. The molecule has 0 radical (unpaired) electrons. The zero-order chi connectivity index (χ0) is 13.2. The minimum absolute atomic E-state index is 0.448. The molecule has 2 saturated heterocycles. The Morgan fingerprint density at radius 2 is 2.37 bits per heavy atom. The number of nitrogens with one attached hydrogen (secondary N) is 1. The van der Waals surface area contributed by atoms with Crippen LogP contribution in [0.3, 0.4) is 0 Å². The van der Waals surface area contributed by atoms with E-state index in [9.17, 15) is 0 Å². The van der Waals surface area contributed by atoms with Gasteiger partial charge in [-0.3, -0.25) is 0 Å². The van der Waals surface area contributed by atoms with Crippen LogP contribution in [0.15, 0.2) is 10.7 Å². The molecule has 5 nitrogen and oxygen atoms in total. The molecule has 1 N–H and O–H groups in total. The average Bonchev–Trinajstić information content (AvgIpc) is 2.47. The second-order valence-electron chi connectivity index (χ2n) is 5.16. The van der Waals surface area contributed by atoms with Crippen molar-refractivity contribution >= 4 is 27.7 Å². The third-order valence-corrected chi connectivity index (χ3v) is 4.55. The Kier molecular flexibility index (Phi) is 3.88. The van der Waals surface area contributed by atoms with E-state index in [0.717, 1.165) is 42.4 Å². The Balaban J connectivity index is 1.75. The Labute approximate surface area is 121 Å². The predicted octanol–water partition coefficient (Wildman–Crippen LogP) is 2.29. The number of hydrogen-bond acceptors (Lipinski definition) is 5. The number of piperidine rings is 1. The van der Waals surface area contributed by atoms with Crippen molar-refractivity contribution in [2.45, 2.75) is 25.4 Å². The molecule has 2 aliphatic heterocycles. The maximum Gasteiger partial charge on any atom is 0.227 e. The van der Waals surface area contributed by atoms with Crippen molar-refractivity contribution in [2.75, 3.05) is 37.0 Å². The van der Waals surface area contributed by atoms with Crippen molar-refractivity contribution in [3.8, 4) is 0 Å². The molecule has 0 spiro atoms. The van der Waals surface area contributed by atoms with Gasteiger partial charge in [0.25, 0.3) is 0 Å². The lowest BCUT2D eigenvalue weighted by atomic mass is 9.89. The molecule has 1 aromatic rings. The van der Waals surface area contributed by atoms with Gasteiger partial charge in [-0.2, -0.15) is 4.98 Å². The Hall–Kier alpha value is -0.880. The zero-order valence-electron chi connectivity index (χ0n) is 11.1. The molecule has 104 valence electrons. The molecule has 3 rings (SSSR count). The lowest BCUT2D eigenvalue weighted by Gasteiger charge is -2.41. The van der Waals surface area contributed by atoms with Crippen LogP contribution >= 0.6 is 15.9 Å². The van der Waals surface area contributed by atoms with Gasteiger partial charge in [-0.25, -0.2) is 4.98 Å². The number of halogens is 1. The number of rotatable bonds is 2. The first-order valence-electron chi connectivity index (χ1n) is 6.85. The van der Waals surface area contributed by atoms with Crippen molar-refractivity contribution in [1.82, 2.24) is 9.97 Å². The quantitative estimate of drug-likeness (QED) is 0.903. The molecule has 2 fully saturated rings. The minimum atomic E-state index is 0.448. The summed E-state index contributed by atoms with van der Waals surface area (Å²) >= 11 is 3.44. The molecular weight excluding hydrogens is 308 g/mol. The van der Waals surface area contributed by atoms with Crippen LogP contribution in [0, 0.1) is 5.92 Å². The lowest BCUT2D eigenvalue weighted by Crippen LogP contribution is -2.46. The summed E-state index contributed by atoms with van der Waals surface area (Å²) in [7, 11) is 1.87. The van der Waals surface area contributed by atoms with E-state index in [1.807, 2.05) is 13.2 Å². The third kappa shape index (κ3) is 2.69. The van der Waals surface area contributed by atoms with E-state index in [1.165, 1.54) is 12.8 Å². The number of anilines is 2. The van der Waals surface area contributed by atoms with Crippen molar-refractivity contribution in [3.05, 3.63) is 10.7 Å². The van der Waals surface area contributed by atoms with Crippen molar-refractivity contribution in [1.29, 1.82) is 0 Å². The standard InChI is InChI=1S/C13H19BrN4O/c1-15-12-10(14)7-16-13(17-12)18-5-4-11-9(8-18)3-2-6-19-11/h7,9,11H,2-6,8H2,1H3,(H,15,16,17)/t9-,11+/m1/s1. The van der Waals surface area contributed by atoms with Crippen LogP contribution in [0.4, 0.5) is 11.8 Å². The number of ether oxygens (including phenoxy) is 1. The molecule has 2 aliphatic rings. The van der Waals surface area contributed by atoms with Crippen LogP contribution in [-0.4, -0.2) is 42.8 Å². The van der Waals surface area contributed by atoms with Crippen LogP contribution in [0.2, 0.25) is 0 Å². The fourth-order valence-corrected chi connectivity index (χ4v) is 3.34. The summed E-state index contributed by atoms with van der Waals surface area (Å²) in [5.41, 5.74) is 0. The highest BCUT2D eigenvalue weighted by Crippen LogP contribution is 2.30. The summed E-state index contributed by atoms with van der Waals surface area (Å²) < 4.78 is 6.74. The SMILES string of the molecule is CNc1nc(N2CC[C@@H]3OCCC[C@@H]3C2)ncc1Br. The van der Waals surface area contributed by atoms with Gasteiger partial charge >= 0.3 is 0 Å². The monoisotopic (exact) mass is 326 g/mol. The Morgan fingerprint density at radius 3 is 3.21 bits per heavy atom. The van der Waals surface area contributed by atoms with E-state index in [1.54, 1.807) is 0 Å². The molecule has 2 atom stereocenters. The van der Waals surface area contributed by atoms with E-state index in [2.05, 4.69) is 36.1 Å². The minimum Gasteiger partial charge on any atom is -0.378 e. The molecule has 19 heavy (non-hydrogen) atoms. The van der Waals surface area contributed by atoms with E-state index < -0.39 is 0 Å². The summed E-state index contributed by atoms with van der Waals surface area (Å²) in [6.07, 6.45) is 5.79. The van der Waals surface area contributed by atoms with E-state index >= 15 is 0 Å². The molecule has 0 aliphatic carbocycles. The highest BCUT2D eigenvalue weighted by Gasteiger charge is 2.33.